The van der Waals surface area contributed by atoms with E-state index in [0.29, 0.717) is 5.57 Å². The van der Waals surface area contributed by atoms with E-state index in [4.69, 9.17) is 9.47 Å². The lowest BCUT2D eigenvalue weighted by Gasteiger charge is -2.45. The van der Waals surface area contributed by atoms with Gasteiger partial charge in [0.25, 0.3) is 0 Å². The number of hydrogen-bond donors (Lipinski definition) is 1. The van der Waals surface area contributed by atoms with Crippen LogP contribution < -0.4 is 0 Å². The van der Waals surface area contributed by atoms with Crippen molar-refractivity contribution in [3.63, 3.8) is 0 Å². The smallest absolute Gasteiger partial charge is 0.335 e. The summed E-state index contributed by atoms with van der Waals surface area (Å²) >= 11 is 0. The van der Waals surface area contributed by atoms with E-state index in [0.717, 1.165) is 31.6 Å². The average molecular weight is 265 g/mol. The molecule has 3 aliphatic rings. The summed E-state index contributed by atoms with van der Waals surface area (Å²) in [5, 5.41) is 9.50. The largest absolute Gasteiger partial charge is 0.466 e. The van der Waals surface area contributed by atoms with Gasteiger partial charge in [0.2, 0.25) is 0 Å². The molecule has 0 radical (unpaired) electrons. The third kappa shape index (κ3) is 1.97. The number of rotatable bonds is 2. The molecule has 1 fully saturated rings. The first-order valence-electron chi connectivity index (χ1n) is 6.73. The number of carbonyl (C=O) groups is 1. The Labute approximate surface area is 112 Å². The van der Waals surface area contributed by atoms with E-state index < -0.39 is 0 Å². The summed E-state index contributed by atoms with van der Waals surface area (Å²) in [6.07, 6.45) is 5.61. The van der Waals surface area contributed by atoms with E-state index in [1.165, 1.54) is 7.11 Å². The van der Waals surface area contributed by atoms with E-state index in [-0.39, 0.29) is 30.6 Å². The molecule has 2 aliphatic heterocycles. The van der Waals surface area contributed by atoms with Crippen LogP contribution in [0.2, 0.25) is 0 Å². The second-order valence-electron chi connectivity index (χ2n) is 5.23. The maximum Gasteiger partial charge on any atom is 0.335 e. The fraction of sp³-hybridized carbons (Fsp3) is 0.643. The van der Waals surface area contributed by atoms with E-state index >= 15 is 0 Å². The zero-order valence-corrected chi connectivity index (χ0v) is 11.0. The topological polar surface area (TPSA) is 59.0 Å². The molecule has 1 N–H and O–H groups in total. The Morgan fingerprint density at radius 3 is 3.21 bits per heavy atom. The summed E-state index contributed by atoms with van der Waals surface area (Å²) in [5.41, 5.74) is 1.69. The van der Waals surface area contributed by atoms with Crippen LogP contribution >= 0.6 is 0 Å². The minimum Gasteiger partial charge on any atom is -0.466 e. The highest BCUT2D eigenvalue weighted by Gasteiger charge is 2.46. The number of ether oxygens (including phenoxy) is 2. The molecule has 2 heterocycles. The fourth-order valence-corrected chi connectivity index (χ4v) is 3.41. The first-order valence-corrected chi connectivity index (χ1v) is 6.73. The van der Waals surface area contributed by atoms with Crippen LogP contribution in [0.1, 0.15) is 12.8 Å². The lowest BCUT2D eigenvalue weighted by atomic mass is 9.80. The summed E-state index contributed by atoms with van der Waals surface area (Å²) in [5.74, 6) is -0.120. The molecule has 1 aliphatic carbocycles. The van der Waals surface area contributed by atoms with Crippen LogP contribution in [-0.2, 0) is 14.3 Å². The molecule has 5 nitrogen and oxygen atoms in total. The predicted octanol–water partition coefficient (Wildman–Crippen LogP) is 0.660. The normalized spacial score (nSPS) is 33.2. The molecular formula is C14H19NO4. The Morgan fingerprint density at radius 2 is 2.47 bits per heavy atom. The van der Waals surface area contributed by atoms with Gasteiger partial charge >= 0.3 is 5.97 Å². The van der Waals surface area contributed by atoms with Gasteiger partial charge < -0.3 is 19.5 Å². The average Bonchev–Trinajstić information content (AvgIpc) is 2.89. The van der Waals surface area contributed by atoms with Gasteiger partial charge in [-0.05, 0) is 18.4 Å². The van der Waals surface area contributed by atoms with Gasteiger partial charge in [-0.15, -0.1) is 0 Å². The van der Waals surface area contributed by atoms with Gasteiger partial charge in [-0.2, -0.15) is 0 Å². The summed E-state index contributed by atoms with van der Waals surface area (Å²) in [6, 6.07) is 0. The zero-order chi connectivity index (χ0) is 13.4. The molecule has 0 aromatic rings. The van der Waals surface area contributed by atoms with Gasteiger partial charge in [-0.25, -0.2) is 4.79 Å². The van der Waals surface area contributed by atoms with Crippen LogP contribution in [-0.4, -0.2) is 49.1 Å². The van der Waals surface area contributed by atoms with Crippen LogP contribution in [0.5, 0.6) is 0 Å². The number of nitrogens with zero attached hydrogens (tertiary/aromatic N) is 1. The van der Waals surface area contributed by atoms with Gasteiger partial charge in [-0.3, -0.25) is 0 Å². The summed E-state index contributed by atoms with van der Waals surface area (Å²) < 4.78 is 10.8. The molecule has 0 amide bonds. The highest BCUT2D eigenvalue weighted by Crippen LogP contribution is 2.45. The molecule has 0 aromatic heterocycles. The number of allylic oxidation sites excluding steroid dienone is 1. The van der Waals surface area contributed by atoms with Crippen LogP contribution in [0, 0.1) is 11.8 Å². The van der Waals surface area contributed by atoms with Crippen molar-refractivity contribution in [2.24, 2.45) is 11.8 Å². The van der Waals surface area contributed by atoms with E-state index in [2.05, 4.69) is 4.90 Å². The molecule has 0 spiro atoms. The van der Waals surface area contributed by atoms with Gasteiger partial charge in [0, 0.05) is 24.6 Å². The van der Waals surface area contributed by atoms with Crippen molar-refractivity contribution in [2.45, 2.75) is 19.1 Å². The van der Waals surface area contributed by atoms with Crippen LogP contribution in [0.3, 0.4) is 0 Å². The first-order chi connectivity index (χ1) is 9.26. The maximum atomic E-state index is 11.9. The second kappa shape index (κ2) is 4.98. The quantitative estimate of drug-likeness (QED) is 0.587. The van der Waals surface area contributed by atoms with Crippen molar-refractivity contribution in [3.05, 3.63) is 23.4 Å². The van der Waals surface area contributed by atoms with Crippen molar-refractivity contribution in [3.8, 4) is 0 Å². The molecule has 2 unspecified atom stereocenters. The van der Waals surface area contributed by atoms with Gasteiger partial charge in [-0.1, -0.05) is 6.08 Å². The Morgan fingerprint density at radius 1 is 1.63 bits per heavy atom. The predicted molar refractivity (Wildman–Crippen MR) is 67.9 cm³/mol. The van der Waals surface area contributed by atoms with Crippen molar-refractivity contribution >= 4 is 5.97 Å². The van der Waals surface area contributed by atoms with Crippen molar-refractivity contribution in [2.75, 3.05) is 26.9 Å². The maximum absolute atomic E-state index is 11.9. The van der Waals surface area contributed by atoms with E-state index in [1.807, 2.05) is 12.3 Å². The SMILES string of the molecule is COC(=O)C1=CN2CCCO[C@H]2C2C(CO)=CCC12. The highest BCUT2D eigenvalue weighted by atomic mass is 16.5. The number of aliphatic hydroxyl groups is 1. The Balaban J connectivity index is 1.96. The number of carbonyl (C=O) groups excluding carboxylic acids is 1. The minimum atomic E-state index is -0.272. The lowest BCUT2D eigenvalue weighted by molar-refractivity contribution is -0.141. The number of methoxy groups -OCH3 is 1. The third-order valence-corrected chi connectivity index (χ3v) is 4.29. The molecule has 0 aromatic carbocycles. The van der Waals surface area contributed by atoms with Crippen LogP contribution in [0.4, 0.5) is 0 Å². The van der Waals surface area contributed by atoms with Gasteiger partial charge in [0.1, 0.15) is 6.23 Å². The Bertz CT molecular complexity index is 443. The molecule has 5 heteroatoms. The van der Waals surface area contributed by atoms with Crippen molar-refractivity contribution < 1.29 is 19.4 Å². The van der Waals surface area contributed by atoms with Crippen molar-refractivity contribution in [1.29, 1.82) is 0 Å². The number of aliphatic hydroxyl groups excluding tert-OH is 1. The van der Waals surface area contributed by atoms with E-state index in [1.54, 1.807) is 0 Å². The van der Waals surface area contributed by atoms with Crippen LogP contribution in [0.15, 0.2) is 23.4 Å². The highest BCUT2D eigenvalue weighted by molar-refractivity contribution is 5.89. The number of hydrogen-bond acceptors (Lipinski definition) is 5. The molecule has 19 heavy (non-hydrogen) atoms. The number of esters is 1. The molecule has 104 valence electrons. The minimum absolute atomic E-state index is 0.0311. The molecule has 0 saturated carbocycles. The molecule has 0 bridgehead atoms. The monoisotopic (exact) mass is 265 g/mol. The molecule has 3 rings (SSSR count). The van der Waals surface area contributed by atoms with Crippen LogP contribution in [0.25, 0.3) is 0 Å². The van der Waals surface area contributed by atoms with Crippen molar-refractivity contribution in [1.82, 2.24) is 4.90 Å². The Kier molecular flexibility index (Phi) is 3.33. The molecule has 3 atom stereocenters. The van der Waals surface area contributed by atoms with E-state index in [9.17, 15) is 9.90 Å². The standard InChI is InChI=1S/C14H19NO4/c1-18-14(17)11-7-15-5-2-6-19-13(15)12-9(8-16)3-4-10(11)12/h3,7,10,12-13,16H,2,4-6,8H2,1H3/t10?,12?,13-/m0/s1. The summed E-state index contributed by atoms with van der Waals surface area (Å²) in [7, 11) is 1.41. The lowest BCUT2D eigenvalue weighted by Crippen LogP contribution is -2.50. The second-order valence-corrected chi connectivity index (χ2v) is 5.23. The first kappa shape index (κ1) is 12.7. The summed E-state index contributed by atoms with van der Waals surface area (Å²) in [6.45, 7) is 1.65. The number of fused-ring (bicyclic) bond motifs is 3. The molecular weight excluding hydrogens is 246 g/mol. The molecule has 1 saturated heterocycles. The van der Waals surface area contributed by atoms with Gasteiger partial charge in [0.15, 0.2) is 0 Å². The fourth-order valence-electron chi connectivity index (χ4n) is 3.41. The summed E-state index contributed by atoms with van der Waals surface area (Å²) in [4.78, 5) is 14.0. The third-order valence-electron chi connectivity index (χ3n) is 4.29. The Hall–Kier alpha value is -1.33. The van der Waals surface area contributed by atoms with Gasteiger partial charge in [0.05, 0.1) is 25.9 Å². The zero-order valence-electron chi connectivity index (χ0n) is 11.0.